The molecule has 1 aliphatic carbocycles. The molecule has 0 radical (unpaired) electrons. The number of rotatable bonds is 0. The number of nitrogens with one attached hydrogen (secondary N) is 1. The molecule has 1 saturated carbocycles. The average molecular weight is 449 g/mol. The summed E-state index contributed by atoms with van der Waals surface area (Å²) in [6, 6.07) is 5.44. The molecule has 7 nitrogen and oxygen atoms in total. The van der Waals surface area contributed by atoms with Crippen LogP contribution in [0.1, 0.15) is 50.5 Å². The van der Waals surface area contributed by atoms with Crippen molar-refractivity contribution in [2.45, 2.75) is 68.7 Å². The highest BCUT2D eigenvalue weighted by Crippen LogP contribution is 2.43. The quantitative estimate of drug-likeness (QED) is 0.660. The highest BCUT2D eigenvalue weighted by atomic mass is 35.5. The van der Waals surface area contributed by atoms with Gasteiger partial charge in [-0.25, -0.2) is 0 Å². The van der Waals surface area contributed by atoms with Crippen LogP contribution in [-0.2, 0) is 19.1 Å². The first-order valence-electron chi connectivity index (χ1n) is 11.2. The molecular formula is C23H29ClN2O5. The largest absolute Gasteiger partial charge is 0.482 e. The normalized spacial score (nSPS) is 36.0. The van der Waals surface area contributed by atoms with Gasteiger partial charge in [-0.05, 0) is 56.6 Å². The number of nitrogens with zero attached hydrogens (tertiary/aromatic N) is 1. The van der Waals surface area contributed by atoms with E-state index in [2.05, 4.69) is 11.4 Å². The molecule has 4 heterocycles. The average Bonchev–Trinajstić information content (AvgIpc) is 3.01. The van der Waals surface area contributed by atoms with Gasteiger partial charge in [-0.15, -0.1) is 0 Å². The number of benzene rings is 1. The van der Waals surface area contributed by atoms with Crippen LogP contribution in [-0.4, -0.2) is 66.9 Å². The van der Waals surface area contributed by atoms with E-state index in [0.29, 0.717) is 36.3 Å². The summed E-state index contributed by atoms with van der Waals surface area (Å²) in [6.45, 7) is 2.72. The van der Waals surface area contributed by atoms with Crippen molar-refractivity contribution in [3.05, 3.63) is 28.8 Å². The molecule has 2 bridgehead atoms. The smallest absolute Gasteiger partial charge is 0.261 e. The summed E-state index contributed by atoms with van der Waals surface area (Å²) >= 11 is 6.48. The third kappa shape index (κ3) is 3.81. The molecule has 0 unspecified atom stereocenters. The molecule has 4 aliphatic heterocycles. The van der Waals surface area contributed by atoms with Crippen LogP contribution in [0, 0.1) is 0 Å². The lowest BCUT2D eigenvalue weighted by atomic mass is 9.82. The first kappa shape index (κ1) is 21.0. The van der Waals surface area contributed by atoms with Crippen molar-refractivity contribution in [1.29, 1.82) is 0 Å². The Labute approximate surface area is 187 Å². The van der Waals surface area contributed by atoms with Crippen LogP contribution in [0.4, 0.5) is 0 Å². The van der Waals surface area contributed by atoms with E-state index in [4.69, 9.17) is 25.8 Å². The van der Waals surface area contributed by atoms with E-state index in [-0.39, 0.29) is 43.2 Å². The Morgan fingerprint density at radius 2 is 1.97 bits per heavy atom. The highest BCUT2D eigenvalue weighted by Gasteiger charge is 2.55. The molecule has 1 aromatic rings. The lowest BCUT2D eigenvalue weighted by molar-refractivity contribution is -0.145. The summed E-state index contributed by atoms with van der Waals surface area (Å²) < 4.78 is 18.0. The summed E-state index contributed by atoms with van der Waals surface area (Å²) in [5, 5.41) is 3.67. The Kier molecular flexibility index (Phi) is 5.61. The maximum atomic E-state index is 13.4. The van der Waals surface area contributed by atoms with Crippen LogP contribution < -0.4 is 10.1 Å². The maximum Gasteiger partial charge on any atom is 0.261 e. The monoisotopic (exact) mass is 448 g/mol. The van der Waals surface area contributed by atoms with Crippen molar-refractivity contribution < 1.29 is 23.8 Å². The van der Waals surface area contributed by atoms with Crippen LogP contribution in [0.15, 0.2) is 18.2 Å². The van der Waals surface area contributed by atoms with Gasteiger partial charge in [0.1, 0.15) is 12.4 Å². The molecular weight excluding hydrogens is 420 g/mol. The fraction of sp³-hybridized carbons (Fsp3) is 0.652. The summed E-state index contributed by atoms with van der Waals surface area (Å²) in [6.07, 6.45) is 4.65. The fourth-order valence-corrected chi connectivity index (χ4v) is 6.17. The fourth-order valence-electron chi connectivity index (χ4n) is 5.93. The molecule has 0 aromatic heterocycles. The Morgan fingerprint density at radius 1 is 1.16 bits per heavy atom. The van der Waals surface area contributed by atoms with Crippen molar-refractivity contribution >= 4 is 23.4 Å². The molecule has 168 valence electrons. The van der Waals surface area contributed by atoms with Crippen molar-refractivity contribution in [3.63, 3.8) is 0 Å². The number of amides is 2. The van der Waals surface area contributed by atoms with Gasteiger partial charge in [-0.2, -0.15) is 0 Å². The van der Waals surface area contributed by atoms with Gasteiger partial charge in [0.05, 0.1) is 35.9 Å². The van der Waals surface area contributed by atoms with Gasteiger partial charge in [0.25, 0.3) is 5.91 Å². The van der Waals surface area contributed by atoms with Gasteiger partial charge in [0.2, 0.25) is 5.91 Å². The van der Waals surface area contributed by atoms with Gasteiger partial charge in [0, 0.05) is 6.04 Å². The molecule has 1 spiro atoms. The van der Waals surface area contributed by atoms with Crippen molar-refractivity contribution in [2.75, 3.05) is 26.4 Å². The minimum atomic E-state index is -0.628. The molecule has 1 N–H and O–H groups in total. The SMILES string of the molecule is C[C@@H]1C[C@]2(COCC(=O)N2)[C@H]2COC3CCC(CC3)c3cccc(Cl)c3OCC(=O)N12. The topological polar surface area (TPSA) is 77.1 Å². The standard InChI is InChI=1S/C23H29ClN2O5/c1-14-9-23(13-29-11-20(27)25-23)19-10-30-16-7-5-15(6-8-16)17-3-2-4-18(24)22(17)31-12-21(28)26(14)19/h2-4,14-16,19H,5-13H2,1H3,(H,25,27)/t14-,15?,16?,19-,23+/m1/s1. The maximum absolute atomic E-state index is 13.4. The lowest BCUT2D eigenvalue weighted by Gasteiger charge is -2.41. The number of hydrogen-bond acceptors (Lipinski definition) is 5. The summed E-state index contributed by atoms with van der Waals surface area (Å²) in [5.74, 6) is 0.692. The summed E-state index contributed by atoms with van der Waals surface area (Å²) in [7, 11) is 0. The molecule has 1 aromatic carbocycles. The molecule has 8 heteroatoms. The van der Waals surface area contributed by atoms with E-state index in [0.717, 1.165) is 31.2 Å². The predicted molar refractivity (Wildman–Crippen MR) is 114 cm³/mol. The van der Waals surface area contributed by atoms with Crippen LogP contribution >= 0.6 is 11.6 Å². The van der Waals surface area contributed by atoms with Gasteiger partial charge in [0.15, 0.2) is 6.61 Å². The minimum absolute atomic E-state index is 0.0556. The zero-order valence-corrected chi connectivity index (χ0v) is 18.5. The lowest BCUT2D eigenvalue weighted by Crippen LogP contribution is -2.65. The van der Waals surface area contributed by atoms with Crippen LogP contribution in [0.25, 0.3) is 0 Å². The van der Waals surface area contributed by atoms with Crippen LogP contribution in [0.3, 0.4) is 0 Å². The van der Waals surface area contributed by atoms with Crippen LogP contribution in [0.2, 0.25) is 5.02 Å². The Balaban J connectivity index is 1.49. The Bertz CT molecular complexity index is 872. The second kappa shape index (κ2) is 8.26. The second-order valence-corrected chi connectivity index (χ2v) is 9.73. The first-order chi connectivity index (χ1) is 15.0. The third-order valence-corrected chi connectivity index (χ3v) is 7.62. The predicted octanol–water partition coefficient (Wildman–Crippen LogP) is 2.65. The van der Waals surface area contributed by atoms with Crippen molar-refractivity contribution in [3.8, 4) is 5.75 Å². The van der Waals surface area contributed by atoms with E-state index < -0.39 is 5.54 Å². The van der Waals surface area contributed by atoms with Crippen molar-refractivity contribution in [1.82, 2.24) is 10.2 Å². The van der Waals surface area contributed by atoms with Gasteiger partial charge in [-0.1, -0.05) is 23.7 Å². The number of ether oxygens (including phenoxy) is 3. The molecule has 31 heavy (non-hydrogen) atoms. The molecule has 6 rings (SSSR count). The molecule has 2 amide bonds. The molecule has 3 atom stereocenters. The number of carbonyl (C=O) groups excluding carboxylic acids is 2. The van der Waals surface area contributed by atoms with E-state index in [1.165, 1.54) is 0 Å². The van der Waals surface area contributed by atoms with Gasteiger partial charge in [-0.3, -0.25) is 9.59 Å². The number of fused-ring (bicyclic) bond motifs is 5. The Morgan fingerprint density at radius 3 is 2.74 bits per heavy atom. The van der Waals surface area contributed by atoms with E-state index in [1.54, 1.807) is 0 Å². The first-order valence-corrected chi connectivity index (χ1v) is 11.6. The second-order valence-electron chi connectivity index (χ2n) is 9.32. The number of para-hydroxylation sites is 1. The highest BCUT2D eigenvalue weighted by molar-refractivity contribution is 6.32. The summed E-state index contributed by atoms with van der Waals surface area (Å²) in [4.78, 5) is 27.4. The van der Waals surface area contributed by atoms with E-state index >= 15 is 0 Å². The number of halogens is 1. The number of hydrogen-bond donors (Lipinski definition) is 1. The Hall–Kier alpha value is -1.83. The number of morpholine rings is 1. The zero-order valence-electron chi connectivity index (χ0n) is 17.8. The number of carbonyl (C=O) groups is 2. The molecule has 3 fully saturated rings. The summed E-state index contributed by atoms with van der Waals surface area (Å²) in [5.41, 5.74) is 0.450. The molecule has 5 aliphatic rings. The van der Waals surface area contributed by atoms with Gasteiger partial charge < -0.3 is 24.4 Å². The van der Waals surface area contributed by atoms with E-state index in [1.807, 2.05) is 24.0 Å². The third-order valence-electron chi connectivity index (χ3n) is 7.32. The molecule has 2 saturated heterocycles. The minimum Gasteiger partial charge on any atom is -0.482 e. The zero-order chi connectivity index (χ0) is 21.6. The van der Waals surface area contributed by atoms with E-state index in [9.17, 15) is 9.59 Å². The van der Waals surface area contributed by atoms with Crippen molar-refractivity contribution in [2.24, 2.45) is 0 Å². The van der Waals surface area contributed by atoms with Gasteiger partial charge >= 0.3 is 0 Å². The van der Waals surface area contributed by atoms with Crippen LogP contribution in [0.5, 0.6) is 5.75 Å².